The van der Waals surface area contributed by atoms with Gasteiger partial charge in [-0.2, -0.15) is 0 Å². The van der Waals surface area contributed by atoms with Crippen molar-refractivity contribution in [1.29, 1.82) is 0 Å². The maximum Gasteiger partial charge on any atom is 0.414 e. The molecule has 0 aliphatic rings. The van der Waals surface area contributed by atoms with E-state index in [-0.39, 0.29) is 0 Å². The second-order valence-electron chi connectivity index (χ2n) is 5.23. The zero-order chi connectivity index (χ0) is 17.8. The summed E-state index contributed by atoms with van der Waals surface area (Å²) in [5.41, 5.74) is 7.97. The van der Waals surface area contributed by atoms with Crippen molar-refractivity contribution in [1.82, 2.24) is 5.32 Å². The zero-order valence-electron chi connectivity index (χ0n) is 13.8. The smallest absolute Gasteiger partial charge is 0.414 e. The second-order valence-corrected chi connectivity index (χ2v) is 5.23. The second kappa shape index (κ2) is 11.4. The summed E-state index contributed by atoms with van der Waals surface area (Å²) in [7, 11) is 0. The molecule has 5 N–H and O–H groups in total. The molecule has 0 bridgehead atoms. The predicted octanol–water partition coefficient (Wildman–Crippen LogP) is 1.20. The normalized spacial score (nSPS) is 9.96. The van der Waals surface area contributed by atoms with Crippen LogP contribution in [0, 0.1) is 6.92 Å². The van der Waals surface area contributed by atoms with E-state index in [0.29, 0.717) is 19.1 Å². The van der Waals surface area contributed by atoms with Gasteiger partial charge in [0.1, 0.15) is 12.4 Å². The van der Waals surface area contributed by atoms with Crippen LogP contribution in [0.15, 0.2) is 18.2 Å². The van der Waals surface area contributed by atoms with Gasteiger partial charge in [-0.15, -0.1) is 0 Å². The summed E-state index contributed by atoms with van der Waals surface area (Å²) in [5, 5.41) is 18.0. The molecule has 0 aromatic heterocycles. The molecule has 1 aromatic rings. The molecular weight excluding hydrogens is 300 g/mol. The van der Waals surface area contributed by atoms with Gasteiger partial charge < -0.3 is 26.0 Å². The Balaban J connectivity index is 0.000000688. The highest BCUT2D eigenvalue weighted by molar-refractivity contribution is 6.27. The first-order chi connectivity index (χ1) is 10.8. The van der Waals surface area contributed by atoms with E-state index >= 15 is 0 Å². The maximum absolute atomic E-state index is 9.10. The number of hydrogen-bond acceptors (Lipinski definition) is 5. The fraction of sp³-hybridized carbons (Fsp3) is 0.500. The van der Waals surface area contributed by atoms with E-state index in [1.165, 1.54) is 11.1 Å². The van der Waals surface area contributed by atoms with Crippen molar-refractivity contribution in [3.63, 3.8) is 0 Å². The minimum atomic E-state index is -1.82. The number of carbonyl (C=O) groups is 2. The highest BCUT2D eigenvalue weighted by atomic mass is 16.5. The van der Waals surface area contributed by atoms with Crippen molar-refractivity contribution in [2.75, 3.05) is 26.2 Å². The fourth-order valence-electron chi connectivity index (χ4n) is 1.66. The number of aryl methyl sites for hydroxylation is 1. The Morgan fingerprint density at radius 1 is 1.17 bits per heavy atom. The third-order valence-corrected chi connectivity index (χ3v) is 2.79. The Bertz CT molecular complexity index is 491. The summed E-state index contributed by atoms with van der Waals surface area (Å²) < 4.78 is 5.72. The number of nitrogens with two attached hydrogens (primary N) is 1. The van der Waals surface area contributed by atoms with Gasteiger partial charge in [-0.3, -0.25) is 0 Å². The van der Waals surface area contributed by atoms with Gasteiger partial charge >= 0.3 is 11.9 Å². The molecule has 23 heavy (non-hydrogen) atoms. The molecule has 0 atom stereocenters. The van der Waals surface area contributed by atoms with E-state index in [2.05, 4.69) is 44.3 Å². The molecule has 7 nitrogen and oxygen atoms in total. The number of ether oxygens (including phenoxy) is 1. The Hall–Kier alpha value is -2.12. The molecule has 7 heteroatoms. The van der Waals surface area contributed by atoms with Crippen LogP contribution >= 0.6 is 0 Å². The van der Waals surface area contributed by atoms with E-state index in [0.717, 1.165) is 18.8 Å². The van der Waals surface area contributed by atoms with Crippen LogP contribution in [-0.4, -0.2) is 48.4 Å². The maximum atomic E-state index is 9.10. The quantitative estimate of drug-likeness (QED) is 0.438. The summed E-state index contributed by atoms with van der Waals surface area (Å²) in [6.45, 7) is 9.52. The lowest BCUT2D eigenvalue weighted by molar-refractivity contribution is -0.159. The van der Waals surface area contributed by atoms with Gasteiger partial charge in [0.25, 0.3) is 0 Å². The minimum Gasteiger partial charge on any atom is -0.492 e. The minimum absolute atomic E-state index is 0.535. The van der Waals surface area contributed by atoms with E-state index in [1.807, 2.05) is 0 Å². The Kier molecular flexibility index (Phi) is 10.4. The standard InChI is InChI=1S/C14H24N2O.C2H2O4/c1-11(2)13-8-12(3)9-14(10-13)17-7-6-16-5-4-15;3-1(4)2(5)6/h8-11,16H,4-7,15H2,1-3H3;(H,3,4)(H,5,6). The average Bonchev–Trinajstić information content (AvgIpc) is 2.47. The van der Waals surface area contributed by atoms with Gasteiger partial charge in [0.05, 0.1) is 0 Å². The lowest BCUT2D eigenvalue weighted by Gasteiger charge is -2.12. The zero-order valence-corrected chi connectivity index (χ0v) is 13.8. The molecule has 1 aromatic carbocycles. The molecule has 0 saturated heterocycles. The first-order valence-electron chi connectivity index (χ1n) is 7.39. The Labute approximate surface area is 136 Å². The van der Waals surface area contributed by atoms with Gasteiger partial charge in [0, 0.05) is 19.6 Å². The van der Waals surface area contributed by atoms with E-state index in [1.54, 1.807) is 0 Å². The third-order valence-electron chi connectivity index (χ3n) is 2.79. The van der Waals surface area contributed by atoms with Crippen molar-refractivity contribution in [2.45, 2.75) is 26.7 Å². The Morgan fingerprint density at radius 2 is 1.78 bits per heavy atom. The number of carboxylic acids is 2. The summed E-state index contributed by atoms with van der Waals surface area (Å²) in [5.74, 6) is -2.15. The van der Waals surface area contributed by atoms with Crippen molar-refractivity contribution < 1.29 is 24.5 Å². The monoisotopic (exact) mass is 326 g/mol. The third kappa shape index (κ3) is 10.3. The lowest BCUT2D eigenvalue weighted by Crippen LogP contribution is -2.26. The van der Waals surface area contributed by atoms with Crippen molar-refractivity contribution in [2.24, 2.45) is 5.73 Å². The van der Waals surface area contributed by atoms with Gasteiger partial charge in [-0.05, 0) is 36.1 Å². The van der Waals surface area contributed by atoms with Crippen molar-refractivity contribution >= 4 is 11.9 Å². The summed E-state index contributed by atoms with van der Waals surface area (Å²) >= 11 is 0. The molecule has 0 spiro atoms. The number of benzene rings is 1. The predicted molar refractivity (Wildman–Crippen MR) is 88.0 cm³/mol. The number of aliphatic carboxylic acids is 2. The highest BCUT2D eigenvalue weighted by Crippen LogP contribution is 2.22. The number of rotatable bonds is 7. The average molecular weight is 326 g/mol. The molecule has 1 rings (SSSR count). The van der Waals surface area contributed by atoms with E-state index < -0.39 is 11.9 Å². The molecule has 0 unspecified atom stereocenters. The van der Waals surface area contributed by atoms with Crippen LogP contribution in [0.5, 0.6) is 5.75 Å². The first-order valence-corrected chi connectivity index (χ1v) is 7.39. The van der Waals surface area contributed by atoms with Crippen LogP contribution in [0.2, 0.25) is 0 Å². The number of carboxylic acid groups (broad SMARTS) is 2. The molecule has 0 aliphatic carbocycles. The molecular formula is C16H26N2O5. The van der Waals surface area contributed by atoms with Crippen molar-refractivity contribution in [3.8, 4) is 5.75 Å². The van der Waals surface area contributed by atoms with Gasteiger partial charge in [-0.25, -0.2) is 9.59 Å². The largest absolute Gasteiger partial charge is 0.492 e. The van der Waals surface area contributed by atoms with Crippen molar-refractivity contribution in [3.05, 3.63) is 29.3 Å². The highest BCUT2D eigenvalue weighted by Gasteiger charge is 2.04. The van der Waals surface area contributed by atoms with Gasteiger partial charge in [-0.1, -0.05) is 19.9 Å². The molecule has 0 saturated carbocycles. The van der Waals surface area contributed by atoms with E-state index in [4.69, 9.17) is 30.3 Å². The van der Waals surface area contributed by atoms with E-state index in [9.17, 15) is 0 Å². The Morgan fingerprint density at radius 3 is 2.26 bits per heavy atom. The first kappa shape index (κ1) is 20.9. The van der Waals surface area contributed by atoms with Crippen LogP contribution in [0.3, 0.4) is 0 Å². The van der Waals surface area contributed by atoms with Gasteiger partial charge in [0.2, 0.25) is 0 Å². The molecule has 130 valence electrons. The van der Waals surface area contributed by atoms with Crippen LogP contribution in [0.25, 0.3) is 0 Å². The summed E-state index contributed by atoms with van der Waals surface area (Å²) in [4.78, 5) is 18.2. The summed E-state index contributed by atoms with van der Waals surface area (Å²) in [6.07, 6.45) is 0. The molecule has 0 heterocycles. The van der Waals surface area contributed by atoms with Crippen LogP contribution in [0.1, 0.15) is 30.9 Å². The SMILES string of the molecule is Cc1cc(OCCNCCN)cc(C(C)C)c1.O=C(O)C(=O)O. The van der Waals surface area contributed by atoms with Gasteiger partial charge in [0.15, 0.2) is 0 Å². The number of nitrogens with one attached hydrogen (secondary N) is 1. The molecule has 0 amide bonds. The fourth-order valence-corrected chi connectivity index (χ4v) is 1.66. The molecule has 0 aliphatic heterocycles. The topological polar surface area (TPSA) is 122 Å². The number of hydrogen-bond donors (Lipinski definition) is 4. The molecule has 0 fully saturated rings. The van der Waals surface area contributed by atoms with Crippen LogP contribution in [-0.2, 0) is 9.59 Å². The van der Waals surface area contributed by atoms with Crippen LogP contribution in [0.4, 0.5) is 0 Å². The summed E-state index contributed by atoms with van der Waals surface area (Å²) in [6, 6.07) is 6.42. The lowest BCUT2D eigenvalue weighted by atomic mass is 10.0. The molecule has 0 radical (unpaired) electrons. The van der Waals surface area contributed by atoms with Crippen LogP contribution < -0.4 is 15.8 Å².